The van der Waals surface area contributed by atoms with Crippen molar-refractivity contribution in [2.24, 2.45) is 5.73 Å². The topological polar surface area (TPSA) is 73.9 Å². The van der Waals surface area contributed by atoms with Crippen LogP contribution in [0, 0.1) is 0 Å². The van der Waals surface area contributed by atoms with E-state index in [4.69, 9.17) is 19.9 Å². The van der Waals surface area contributed by atoms with Crippen molar-refractivity contribution in [3.63, 3.8) is 0 Å². The van der Waals surface area contributed by atoms with E-state index in [-0.39, 0.29) is 13.3 Å². The Morgan fingerprint density at radius 2 is 2.38 bits per heavy atom. The van der Waals surface area contributed by atoms with Gasteiger partial charge in [0.2, 0.25) is 0 Å². The molecule has 0 amide bonds. The molecule has 0 aromatic heterocycles. The SMILES string of the molecule is COc1c(C(O)CN)ccc2c1COCO2. The minimum Gasteiger partial charge on any atom is -0.496 e. The summed E-state index contributed by atoms with van der Waals surface area (Å²) in [5, 5.41) is 9.76. The molecule has 1 aromatic carbocycles. The van der Waals surface area contributed by atoms with Crippen LogP contribution in [0.1, 0.15) is 17.2 Å². The first-order valence-corrected chi connectivity index (χ1v) is 5.06. The zero-order chi connectivity index (χ0) is 11.5. The first-order valence-electron chi connectivity index (χ1n) is 5.06. The molecular weight excluding hydrogens is 210 g/mol. The monoisotopic (exact) mass is 225 g/mol. The van der Waals surface area contributed by atoms with Gasteiger partial charge in [-0.1, -0.05) is 0 Å². The quantitative estimate of drug-likeness (QED) is 0.786. The summed E-state index contributed by atoms with van der Waals surface area (Å²) in [4.78, 5) is 0. The second kappa shape index (κ2) is 4.69. The lowest BCUT2D eigenvalue weighted by Crippen LogP contribution is -2.16. The fourth-order valence-corrected chi connectivity index (χ4v) is 1.78. The molecule has 16 heavy (non-hydrogen) atoms. The van der Waals surface area contributed by atoms with Gasteiger partial charge in [-0.25, -0.2) is 0 Å². The number of benzene rings is 1. The molecule has 1 aliphatic rings. The predicted molar refractivity (Wildman–Crippen MR) is 57.3 cm³/mol. The Kier molecular flexibility index (Phi) is 3.28. The number of hydrogen-bond acceptors (Lipinski definition) is 5. The van der Waals surface area contributed by atoms with Gasteiger partial charge in [0.15, 0.2) is 6.79 Å². The maximum absolute atomic E-state index is 9.76. The zero-order valence-electron chi connectivity index (χ0n) is 9.10. The van der Waals surface area contributed by atoms with Crippen LogP contribution in [0.5, 0.6) is 11.5 Å². The Bertz CT molecular complexity index is 380. The van der Waals surface area contributed by atoms with Crippen molar-refractivity contribution in [1.29, 1.82) is 0 Å². The summed E-state index contributed by atoms with van der Waals surface area (Å²) in [5.74, 6) is 1.33. The summed E-state index contributed by atoms with van der Waals surface area (Å²) in [6.07, 6.45) is -0.734. The normalized spacial score (nSPS) is 16.2. The highest BCUT2D eigenvalue weighted by atomic mass is 16.7. The van der Waals surface area contributed by atoms with Gasteiger partial charge < -0.3 is 25.1 Å². The molecule has 3 N–H and O–H groups in total. The second-order valence-corrected chi connectivity index (χ2v) is 3.53. The smallest absolute Gasteiger partial charge is 0.189 e. The lowest BCUT2D eigenvalue weighted by atomic mass is 10.0. The third-order valence-electron chi connectivity index (χ3n) is 2.58. The largest absolute Gasteiger partial charge is 0.496 e. The van der Waals surface area contributed by atoms with Crippen LogP contribution in [0.15, 0.2) is 12.1 Å². The van der Waals surface area contributed by atoms with Crippen molar-refractivity contribution >= 4 is 0 Å². The minimum absolute atomic E-state index is 0.150. The average Bonchev–Trinajstić information content (AvgIpc) is 2.36. The Hall–Kier alpha value is -1.30. The Morgan fingerprint density at radius 1 is 1.56 bits per heavy atom. The number of rotatable bonds is 3. The maximum atomic E-state index is 9.76. The highest BCUT2D eigenvalue weighted by Gasteiger charge is 2.21. The van der Waals surface area contributed by atoms with Gasteiger partial charge in [0.1, 0.15) is 11.5 Å². The highest BCUT2D eigenvalue weighted by Crippen LogP contribution is 2.37. The third kappa shape index (κ3) is 1.84. The molecule has 5 nitrogen and oxygen atoms in total. The molecule has 0 aliphatic carbocycles. The molecule has 1 unspecified atom stereocenters. The second-order valence-electron chi connectivity index (χ2n) is 3.53. The first-order chi connectivity index (χ1) is 7.77. The van der Waals surface area contributed by atoms with E-state index in [0.29, 0.717) is 17.9 Å². The first kappa shape index (κ1) is 11.2. The number of fused-ring (bicyclic) bond motifs is 1. The summed E-state index contributed by atoms with van der Waals surface area (Å²) in [7, 11) is 1.55. The third-order valence-corrected chi connectivity index (χ3v) is 2.58. The molecule has 1 aromatic rings. The molecular formula is C11H15NO4. The summed E-state index contributed by atoms with van der Waals surface area (Å²) < 4.78 is 15.8. The van der Waals surface area contributed by atoms with Crippen molar-refractivity contribution < 1.29 is 19.3 Å². The van der Waals surface area contributed by atoms with Crippen molar-refractivity contribution in [2.75, 3.05) is 20.4 Å². The van der Waals surface area contributed by atoms with Crippen molar-refractivity contribution in [1.82, 2.24) is 0 Å². The van der Waals surface area contributed by atoms with Gasteiger partial charge in [-0.3, -0.25) is 0 Å². The summed E-state index contributed by atoms with van der Waals surface area (Å²) in [6, 6.07) is 3.56. The van der Waals surface area contributed by atoms with E-state index in [1.165, 1.54) is 0 Å². The fraction of sp³-hybridized carbons (Fsp3) is 0.455. The van der Waals surface area contributed by atoms with Crippen molar-refractivity contribution in [3.8, 4) is 11.5 Å². The molecule has 1 heterocycles. The molecule has 5 heteroatoms. The van der Waals surface area contributed by atoms with E-state index >= 15 is 0 Å². The van der Waals surface area contributed by atoms with Gasteiger partial charge in [-0.05, 0) is 12.1 Å². The van der Waals surface area contributed by atoms with E-state index in [1.54, 1.807) is 19.2 Å². The zero-order valence-corrected chi connectivity index (χ0v) is 9.10. The molecule has 0 spiro atoms. The minimum atomic E-state index is -0.734. The molecule has 88 valence electrons. The van der Waals surface area contributed by atoms with Gasteiger partial charge in [0.25, 0.3) is 0 Å². The molecule has 2 rings (SSSR count). The molecule has 1 atom stereocenters. The van der Waals surface area contributed by atoms with E-state index in [9.17, 15) is 5.11 Å². The van der Waals surface area contributed by atoms with Crippen LogP contribution in [0.3, 0.4) is 0 Å². The summed E-state index contributed by atoms with van der Waals surface area (Å²) in [5.41, 5.74) is 6.92. The highest BCUT2D eigenvalue weighted by molar-refractivity contribution is 5.51. The fourth-order valence-electron chi connectivity index (χ4n) is 1.78. The van der Waals surface area contributed by atoms with Gasteiger partial charge in [0.05, 0.1) is 25.4 Å². The Morgan fingerprint density at radius 3 is 3.06 bits per heavy atom. The lowest BCUT2D eigenvalue weighted by molar-refractivity contribution is -0.0177. The molecule has 0 bridgehead atoms. The van der Waals surface area contributed by atoms with E-state index in [0.717, 1.165) is 11.3 Å². The van der Waals surface area contributed by atoms with Gasteiger partial charge in [0, 0.05) is 12.1 Å². The number of aliphatic hydroxyl groups is 1. The molecule has 1 aliphatic heterocycles. The van der Waals surface area contributed by atoms with Crippen LogP contribution in [0.25, 0.3) is 0 Å². The summed E-state index contributed by atoms with van der Waals surface area (Å²) >= 11 is 0. The number of aliphatic hydroxyl groups excluding tert-OH is 1. The maximum Gasteiger partial charge on any atom is 0.189 e. The Balaban J connectivity index is 2.47. The molecule has 0 saturated carbocycles. The summed E-state index contributed by atoms with van der Waals surface area (Å²) in [6.45, 7) is 0.815. The van der Waals surface area contributed by atoms with Crippen LogP contribution < -0.4 is 15.2 Å². The van der Waals surface area contributed by atoms with Crippen LogP contribution >= 0.6 is 0 Å². The van der Waals surface area contributed by atoms with Crippen molar-refractivity contribution in [2.45, 2.75) is 12.7 Å². The molecule has 0 radical (unpaired) electrons. The van der Waals surface area contributed by atoms with E-state index in [2.05, 4.69) is 0 Å². The van der Waals surface area contributed by atoms with Crippen LogP contribution in [-0.2, 0) is 11.3 Å². The number of nitrogens with two attached hydrogens (primary N) is 1. The average molecular weight is 225 g/mol. The van der Waals surface area contributed by atoms with Gasteiger partial charge in [-0.15, -0.1) is 0 Å². The number of hydrogen-bond donors (Lipinski definition) is 2. The van der Waals surface area contributed by atoms with Crippen LogP contribution in [0.4, 0.5) is 0 Å². The molecule has 0 saturated heterocycles. The Labute approximate surface area is 93.7 Å². The number of methoxy groups -OCH3 is 1. The number of ether oxygens (including phenoxy) is 3. The van der Waals surface area contributed by atoms with Crippen molar-refractivity contribution in [3.05, 3.63) is 23.3 Å². The predicted octanol–water partition coefficient (Wildman–Crippen LogP) is 0.554. The van der Waals surface area contributed by atoms with Gasteiger partial charge in [-0.2, -0.15) is 0 Å². The van der Waals surface area contributed by atoms with Gasteiger partial charge >= 0.3 is 0 Å². The van der Waals surface area contributed by atoms with Crippen LogP contribution in [0.2, 0.25) is 0 Å². The lowest BCUT2D eigenvalue weighted by Gasteiger charge is -2.23. The standard InChI is InChI=1S/C11H15NO4/c1-14-11-7(9(13)4-12)2-3-10-8(11)5-15-6-16-10/h2-3,9,13H,4-6,12H2,1H3. The van der Waals surface area contributed by atoms with E-state index in [1.807, 2.05) is 0 Å². The van der Waals surface area contributed by atoms with E-state index < -0.39 is 6.10 Å². The van der Waals surface area contributed by atoms with Crippen LogP contribution in [-0.4, -0.2) is 25.6 Å². The molecule has 0 fully saturated rings.